The third-order valence-electron chi connectivity index (χ3n) is 4.01. The Kier molecular flexibility index (Phi) is 8.82. The van der Waals surface area contributed by atoms with Gasteiger partial charge in [0.15, 0.2) is 5.96 Å². The molecule has 1 heterocycles. The highest BCUT2D eigenvalue weighted by atomic mass is 127. The Morgan fingerprint density at radius 2 is 1.80 bits per heavy atom. The topological polar surface area (TPSA) is 35.8 Å². The van der Waals surface area contributed by atoms with E-state index in [-0.39, 0.29) is 24.0 Å². The van der Waals surface area contributed by atoms with Crippen molar-refractivity contribution in [3.05, 3.63) is 53.9 Å². The van der Waals surface area contributed by atoms with Crippen LogP contribution in [0.25, 0.3) is 0 Å². The van der Waals surface area contributed by atoms with E-state index in [1.807, 2.05) is 0 Å². The number of benzene rings is 1. The summed E-state index contributed by atoms with van der Waals surface area (Å²) >= 11 is 0. The van der Waals surface area contributed by atoms with Gasteiger partial charge in [0.1, 0.15) is 0 Å². The van der Waals surface area contributed by atoms with Gasteiger partial charge in [0, 0.05) is 52.3 Å². The SMILES string of the molecule is CCNC(=NCc1ccc(N(C)C)cc1)N(C)Cc1cccn1C.I. The van der Waals surface area contributed by atoms with E-state index in [1.54, 1.807) is 0 Å². The number of aromatic nitrogens is 1. The summed E-state index contributed by atoms with van der Waals surface area (Å²) in [4.78, 5) is 9.04. The third-order valence-corrected chi connectivity index (χ3v) is 4.01. The normalized spacial score (nSPS) is 11.0. The standard InChI is InChI=1S/C19H29N5.HI/c1-6-20-19(24(5)15-18-8-7-13-23(18)4)21-14-16-9-11-17(12-10-16)22(2)3;/h7-13H,6,14-15H2,1-5H3,(H,20,21);1H. The summed E-state index contributed by atoms with van der Waals surface area (Å²) in [6.45, 7) is 4.45. The van der Waals surface area contributed by atoms with Crippen LogP contribution in [0, 0.1) is 0 Å². The number of anilines is 1. The summed E-state index contributed by atoms with van der Waals surface area (Å²) in [5.74, 6) is 0.926. The quantitative estimate of drug-likeness (QED) is 0.413. The van der Waals surface area contributed by atoms with Crippen molar-refractivity contribution in [2.75, 3.05) is 32.6 Å². The lowest BCUT2D eigenvalue weighted by Crippen LogP contribution is -2.38. The Morgan fingerprint density at radius 3 is 2.32 bits per heavy atom. The average molecular weight is 455 g/mol. The van der Waals surface area contributed by atoms with Crippen LogP contribution in [0.15, 0.2) is 47.6 Å². The molecule has 0 aliphatic heterocycles. The van der Waals surface area contributed by atoms with E-state index in [4.69, 9.17) is 4.99 Å². The van der Waals surface area contributed by atoms with Crippen molar-refractivity contribution >= 4 is 35.6 Å². The van der Waals surface area contributed by atoms with Crippen molar-refractivity contribution < 1.29 is 0 Å². The Bertz CT molecular complexity index is 661. The number of guanidine groups is 1. The van der Waals surface area contributed by atoms with Crippen LogP contribution in [-0.2, 0) is 20.1 Å². The predicted molar refractivity (Wildman–Crippen MR) is 118 cm³/mol. The van der Waals surface area contributed by atoms with E-state index in [0.29, 0.717) is 6.54 Å². The maximum atomic E-state index is 4.78. The fraction of sp³-hybridized carbons (Fsp3) is 0.421. The fourth-order valence-corrected chi connectivity index (χ4v) is 2.51. The lowest BCUT2D eigenvalue weighted by atomic mass is 10.2. The van der Waals surface area contributed by atoms with Gasteiger partial charge < -0.3 is 19.7 Å². The van der Waals surface area contributed by atoms with Crippen LogP contribution < -0.4 is 10.2 Å². The van der Waals surface area contributed by atoms with Crippen LogP contribution in [0.2, 0.25) is 0 Å². The van der Waals surface area contributed by atoms with Gasteiger partial charge in [0.25, 0.3) is 0 Å². The van der Waals surface area contributed by atoms with Crippen LogP contribution in [0.5, 0.6) is 0 Å². The highest BCUT2D eigenvalue weighted by Gasteiger charge is 2.08. The summed E-state index contributed by atoms with van der Waals surface area (Å²) in [6, 6.07) is 12.7. The highest BCUT2D eigenvalue weighted by Crippen LogP contribution is 2.13. The van der Waals surface area contributed by atoms with Gasteiger partial charge in [0.2, 0.25) is 0 Å². The zero-order valence-electron chi connectivity index (χ0n) is 15.9. The number of nitrogens with one attached hydrogen (secondary N) is 1. The molecule has 0 aliphatic rings. The molecular weight excluding hydrogens is 425 g/mol. The number of hydrogen-bond donors (Lipinski definition) is 1. The molecule has 0 aliphatic carbocycles. The lowest BCUT2D eigenvalue weighted by molar-refractivity contribution is 0.462. The van der Waals surface area contributed by atoms with Crippen LogP contribution >= 0.6 is 24.0 Å². The van der Waals surface area contributed by atoms with Crippen molar-refractivity contribution in [3.8, 4) is 0 Å². The zero-order valence-corrected chi connectivity index (χ0v) is 18.2. The molecule has 0 saturated carbocycles. The first kappa shape index (κ1) is 21.3. The van der Waals surface area contributed by atoms with Gasteiger partial charge in [0.05, 0.1) is 13.1 Å². The zero-order chi connectivity index (χ0) is 17.5. The number of hydrogen-bond acceptors (Lipinski definition) is 2. The molecule has 2 rings (SSSR count). The molecule has 0 fully saturated rings. The summed E-state index contributed by atoms with van der Waals surface area (Å²) in [7, 11) is 8.24. The van der Waals surface area contributed by atoms with Gasteiger partial charge in [-0.05, 0) is 36.8 Å². The predicted octanol–water partition coefficient (Wildman–Crippen LogP) is 3.31. The minimum Gasteiger partial charge on any atom is -0.378 e. The van der Waals surface area contributed by atoms with Crippen molar-refractivity contribution in [2.45, 2.75) is 20.0 Å². The number of rotatable bonds is 6. The second kappa shape index (κ2) is 10.3. The van der Waals surface area contributed by atoms with Gasteiger partial charge in [-0.2, -0.15) is 0 Å². The molecule has 2 aromatic rings. The van der Waals surface area contributed by atoms with Gasteiger partial charge >= 0.3 is 0 Å². The minimum absolute atomic E-state index is 0. The highest BCUT2D eigenvalue weighted by molar-refractivity contribution is 14.0. The summed E-state index contributed by atoms with van der Waals surface area (Å²) in [6.07, 6.45) is 2.07. The molecule has 5 nitrogen and oxygen atoms in total. The fourth-order valence-electron chi connectivity index (χ4n) is 2.51. The Balaban J connectivity index is 0.00000312. The van der Waals surface area contributed by atoms with Crippen molar-refractivity contribution in [3.63, 3.8) is 0 Å². The van der Waals surface area contributed by atoms with Gasteiger partial charge in [-0.1, -0.05) is 12.1 Å². The third kappa shape index (κ3) is 6.26. The van der Waals surface area contributed by atoms with E-state index in [9.17, 15) is 0 Å². The van der Waals surface area contributed by atoms with Gasteiger partial charge in [-0.25, -0.2) is 4.99 Å². The number of aryl methyl sites for hydroxylation is 1. The number of halogens is 1. The first-order valence-electron chi connectivity index (χ1n) is 8.37. The number of aliphatic imine (C=N–C) groups is 1. The Hall–Kier alpha value is -1.70. The second-order valence-corrected chi connectivity index (χ2v) is 6.20. The maximum absolute atomic E-state index is 4.78. The molecule has 0 radical (unpaired) electrons. The molecular formula is C19H30IN5. The Morgan fingerprint density at radius 1 is 1.12 bits per heavy atom. The van der Waals surface area contributed by atoms with Crippen molar-refractivity contribution in [1.29, 1.82) is 0 Å². The molecule has 0 bridgehead atoms. The first-order chi connectivity index (χ1) is 11.5. The number of nitrogens with zero attached hydrogens (tertiary/aromatic N) is 4. The Labute approximate surface area is 168 Å². The molecule has 1 aromatic carbocycles. The summed E-state index contributed by atoms with van der Waals surface area (Å²) < 4.78 is 2.14. The summed E-state index contributed by atoms with van der Waals surface area (Å²) in [5.41, 5.74) is 3.68. The molecule has 6 heteroatoms. The molecule has 0 unspecified atom stereocenters. The molecule has 25 heavy (non-hydrogen) atoms. The molecule has 0 spiro atoms. The van der Waals surface area contributed by atoms with E-state index in [1.165, 1.54) is 16.9 Å². The van der Waals surface area contributed by atoms with E-state index in [0.717, 1.165) is 19.0 Å². The van der Waals surface area contributed by atoms with Crippen LogP contribution in [0.3, 0.4) is 0 Å². The van der Waals surface area contributed by atoms with Crippen LogP contribution in [0.1, 0.15) is 18.2 Å². The van der Waals surface area contributed by atoms with Crippen molar-refractivity contribution in [2.24, 2.45) is 12.0 Å². The van der Waals surface area contributed by atoms with Gasteiger partial charge in [-0.3, -0.25) is 0 Å². The molecule has 0 atom stereocenters. The molecule has 1 aromatic heterocycles. The molecule has 138 valence electrons. The van der Waals surface area contributed by atoms with E-state index >= 15 is 0 Å². The maximum Gasteiger partial charge on any atom is 0.194 e. The monoisotopic (exact) mass is 455 g/mol. The lowest BCUT2D eigenvalue weighted by Gasteiger charge is -2.22. The van der Waals surface area contributed by atoms with E-state index < -0.39 is 0 Å². The largest absolute Gasteiger partial charge is 0.378 e. The first-order valence-corrected chi connectivity index (χ1v) is 8.37. The van der Waals surface area contributed by atoms with Crippen molar-refractivity contribution in [1.82, 2.24) is 14.8 Å². The average Bonchev–Trinajstić information content (AvgIpc) is 2.96. The second-order valence-electron chi connectivity index (χ2n) is 6.20. The molecule has 0 amide bonds. The van der Waals surface area contributed by atoms with Gasteiger partial charge in [-0.15, -0.1) is 24.0 Å². The molecule has 1 N–H and O–H groups in total. The van der Waals surface area contributed by atoms with Crippen LogP contribution in [0.4, 0.5) is 5.69 Å². The van der Waals surface area contributed by atoms with E-state index in [2.05, 4.69) is 97.4 Å². The van der Waals surface area contributed by atoms with Crippen LogP contribution in [-0.4, -0.2) is 43.1 Å². The summed E-state index contributed by atoms with van der Waals surface area (Å²) in [5, 5.41) is 3.37. The smallest absolute Gasteiger partial charge is 0.194 e. The minimum atomic E-state index is 0. The molecule has 0 saturated heterocycles.